The number of amides is 1. The number of carbonyl (C=O) groups excluding carboxylic acids is 1. The number of aliphatic carboxylic acids is 1. The summed E-state index contributed by atoms with van der Waals surface area (Å²) in [7, 11) is 0. The summed E-state index contributed by atoms with van der Waals surface area (Å²) in [5, 5.41) is 9.30. The van der Waals surface area contributed by atoms with Gasteiger partial charge >= 0.3 is 5.97 Å². The molecule has 1 aliphatic rings. The van der Waals surface area contributed by atoms with Crippen LogP contribution in [0.4, 0.5) is 0 Å². The molecule has 114 valence electrons. The summed E-state index contributed by atoms with van der Waals surface area (Å²) >= 11 is 0. The van der Waals surface area contributed by atoms with Crippen molar-refractivity contribution in [1.82, 2.24) is 4.90 Å². The summed E-state index contributed by atoms with van der Waals surface area (Å²) in [5.41, 5.74) is 6.95. The number of piperidine rings is 1. The fraction of sp³-hybridized carbons (Fsp3) is 0.500. The van der Waals surface area contributed by atoms with Crippen LogP contribution in [-0.2, 0) is 9.59 Å². The Balaban J connectivity index is 2.03. The van der Waals surface area contributed by atoms with Crippen molar-refractivity contribution in [2.24, 2.45) is 11.7 Å². The van der Waals surface area contributed by atoms with E-state index in [1.165, 1.54) is 4.90 Å². The third-order valence-corrected chi connectivity index (χ3v) is 4.09. The lowest BCUT2D eigenvalue weighted by Crippen LogP contribution is -2.50. The van der Waals surface area contributed by atoms with Crippen LogP contribution in [0.2, 0.25) is 0 Å². The molecule has 0 bridgehead atoms. The lowest BCUT2D eigenvalue weighted by molar-refractivity contribution is -0.153. The molecule has 0 radical (unpaired) electrons. The molecule has 1 fully saturated rings. The first kappa shape index (κ1) is 15.5. The van der Waals surface area contributed by atoms with Gasteiger partial charge in [-0.1, -0.05) is 37.3 Å². The van der Waals surface area contributed by atoms with Gasteiger partial charge in [0, 0.05) is 19.0 Å². The summed E-state index contributed by atoms with van der Waals surface area (Å²) in [6.45, 7) is 2.52. The molecule has 1 amide bonds. The molecule has 5 heteroatoms. The molecule has 0 aliphatic carbocycles. The van der Waals surface area contributed by atoms with Gasteiger partial charge in [-0.2, -0.15) is 0 Å². The summed E-state index contributed by atoms with van der Waals surface area (Å²) in [6, 6.07) is 8.29. The molecule has 1 aliphatic heterocycles. The molecule has 3 N–H and O–H groups in total. The lowest BCUT2D eigenvalue weighted by Gasteiger charge is -2.36. The van der Waals surface area contributed by atoms with Crippen LogP contribution in [0.15, 0.2) is 30.3 Å². The Bertz CT molecular complexity index is 504. The van der Waals surface area contributed by atoms with Gasteiger partial charge in [0.1, 0.15) is 6.04 Å². The number of hydrogen-bond donors (Lipinski definition) is 2. The maximum Gasteiger partial charge on any atom is 0.326 e. The molecule has 1 heterocycles. The normalized spacial score (nSPS) is 23.6. The first-order valence-electron chi connectivity index (χ1n) is 7.32. The fourth-order valence-electron chi connectivity index (χ4n) is 2.80. The number of benzene rings is 1. The van der Waals surface area contributed by atoms with Crippen LogP contribution in [0.5, 0.6) is 0 Å². The van der Waals surface area contributed by atoms with Crippen LogP contribution in [0.1, 0.15) is 37.8 Å². The molecule has 0 saturated carbocycles. The van der Waals surface area contributed by atoms with Crippen molar-refractivity contribution in [3.63, 3.8) is 0 Å². The third kappa shape index (κ3) is 3.82. The zero-order valence-corrected chi connectivity index (χ0v) is 12.2. The monoisotopic (exact) mass is 290 g/mol. The largest absolute Gasteiger partial charge is 0.480 e. The fourth-order valence-corrected chi connectivity index (χ4v) is 2.80. The highest BCUT2D eigenvalue weighted by Crippen LogP contribution is 2.25. The van der Waals surface area contributed by atoms with E-state index in [9.17, 15) is 14.7 Å². The smallest absolute Gasteiger partial charge is 0.326 e. The Labute approximate surface area is 124 Å². The zero-order chi connectivity index (χ0) is 15.4. The minimum Gasteiger partial charge on any atom is -0.480 e. The number of likely N-dealkylation sites (tertiary alicyclic amines) is 1. The minimum absolute atomic E-state index is 0.141. The van der Waals surface area contributed by atoms with Gasteiger partial charge in [-0.15, -0.1) is 0 Å². The second-order valence-electron chi connectivity index (χ2n) is 5.79. The quantitative estimate of drug-likeness (QED) is 0.885. The highest BCUT2D eigenvalue weighted by Gasteiger charge is 2.35. The Morgan fingerprint density at radius 1 is 1.38 bits per heavy atom. The van der Waals surface area contributed by atoms with E-state index in [1.54, 1.807) is 0 Å². The number of carboxylic acid groups (broad SMARTS) is 1. The van der Waals surface area contributed by atoms with E-state index in [4.69, 9.17) is 5.73 Å². The number of carbonyl (C=O) groups is 2. The van der Waals surface area contributed by atoms with Gasteiger partial charge in [0.2, 0.25) is 5.91 Å². The van der Waals surface area contributed by atoms with Crippen LogP contribution >= 0.6 is 0 Å². The SMILES string of the molecule is CC1CCN(C(=O)CC(N)c2ccccc2)C(C(=O)O)C1. The maximum absolute atomic E-state index is 12.4. The van der Waals surface area contributed by atoms with Crippen LogP contribution in [0.3, 0.4) is 0 Å². The van der Waals surface area contributed by atoms with Crippen LogP contribution in [-0.4, -0.2) is 34.5 Å². The number of nitrogens with zero attached hydrogens (tertiary/aromatic N) is 1. The van der Waals surface area contributed by atoms with Crippen molar-refractivity contribution in [1.29, 1.82) is 0 Å². The highest BCUT2D eigenvalue weighted by molar-refractivity contribution is 5.84. The number of rotatable bonds is 4. The van der Waals surface area contributed by atoms with Crippen LogP contribution in [0.25, 0.3) is 0 Å². The van der Waals surface area contributed by atoms with E-state index >= 15 is 0 Å². The van der Waals surface area contributed by atoms with Gasteiger partial charge in [-0.25, -0.2) is 4.79 Å². The van der Waals surface area contributed by atoms with E-state index in [0.717, 1.165) is 12.0 Å². The molecule has 0 spiro atoms. The molecule has 1 aromatic carbocycles. The van der Waals surface area contributed by atoms with Crippen molar-refractivity contribution < 1.29 is 14.7 Å². The van der Waals surface area contributed by atoms with Crippen molar-refractivity contribution in [2.45, 2.75) is 38.3 Å². The molecule has 21 heavy (non-hydrogen) atoms. The Morgan fingerprint density at radius 3 is 2.67 bits per heavy atom. The minimum atomic E-state index is -0.928. The van der Waals surface area contributed by atoms with Crippen LogP contribution in [0, 0.1) is 5.92 Å². The van der Waals surface area contributed by atoms with Gasteiger partial charge in [0.15, 0.2) is 0 Å². The predicted octanol–water partition coefficient (Wildman–Crippen LogP) is 1.79. The molecular formula is C16H22N2O3. The standard InChI is InChI=1S/C16H22N2O3/c1-11-7-8-18(14(9-11)16(20)21)15(19)10-13(17)12-5-3-2-4-6-12/h2-6,11,13-14H,7-10,17H2,1H3,(H,20,21). The first-order chi connectivity index (χ1) is 9.99. The number of nitrogens with two attached hydrogens (primary N) is 1. The predicted molar refractivity (Wildman–Crippen MR) is 79.5 cm³/mol. The Kier molecular flexibility index (Phi) is 4.96. The van der Waals surface area contributed by atoms with Crippen molar-refractivity contribution in [3.05, 3.63) is 35.9 Å². The second-order valence-corrected chi connectivity index (χ2v) is 5.79. The number of carboxylic acids is 1. The topological polar surface area (TPSA) is 83.6 Å². The summed E-state index contributed by atoms with van der Waals surface area (Å²) in [6.07, 6.45) is 1.50. The second kappa shape index (κ2) is 6.72. The van der Waals surface area contributed by atoms with Crippen LogP contribution < -0.4 is 5.73 Å². The van der Waals surface area contributed by atoms with Crippen molar-refractivity contribution >= 4 is 11.9 Å². The Hall–Kier alpha value is -1.88. The zero-order valence-electron chi connectivity index (χ0n) is 12.2. The van der Waals surface area contributed by atoms with E-state index in [1.807, 2.05) is 37.3 Å². The summed E-state index contributed by atoms with van der Waals surface area (Å²) in [5.74, 6) is -0.771. The Morgan fingerprint density at radius 2 is 2.05 bits per heavy atom. The number of hydrogen-bond acceptors (Lipinski definition) is 3. The van der Waals surface area contributed by atoms with Crippen molar-refractivity contribution in [3.8, 4) is 0 Å². The average Bonchev–Trinajstić information content (AvgIpc) is 2.47. The molecule has 0 aromatic heterocycles. The van der Waals surface area contributed by atoms with Crippen molar-refractivity contribution in [2.75, 3.05) is 6.54 Å². The molecule has 1 aromatic rings. The van der Waals surface area contributed by atoms with Gasteiger partial charge < -0.3 is 15.7 Å². The van der Waals surface area contributed by atoms with E-state index in [-0.39, 0.29) is 12.3 Å². The highest BCUT2D eigenvalue weighted by atomic mass is 16.4. The van der Waals surface area contributed by atoms with Gasteiger partial charge in [0.05, 0.1) is 0 Å². The maximum atomic E-state index is 12.4. The van der Waals surface area contributed by atoms with E-state index < -0.39 is 18.1 Å². The molecule has 3 atom stereocenters. The molecule has 1 saturated heterocycles. The van der Waals surface area contributed by atoms with Gasteiger partial charge in [0.25, 0.3) is 0 Å². The summed E-state index contributed by atoms with van der Waals surface area (Å²) < 4.78 is 0. The molecular weight excluding hydrogens is 268 g/mol. The van der Waals surface area contributed by atoms with E-state index in [2.05, 4.69) is 0 Å². The third-order valence-electron chi connectivity index (χ3n) is 4.09. The first-order valence-corrected chi connectivity index (χ1v) is 7.32. The molecule has 3 unspecified atom stereocenters. The lowest BCUT2D eigenvalue weighted by atomic mass is 9.91. The van der Waals surface area contributed by atoms with Gasteiger partial charge in [-0.05, 0) is 24.3 Å². The average molecular weight is 290 g/mol. The molecule has 2 rings (SSSR count). The van der Waals surface area contributed by atoms with E-state index in [0.29, 0.717) is 18.9 Å². The molecule has 5 nitrogen and oxygen atoms in total. The summed E-state index contributed by atoms with van der Waals surface area (Å²) in [4.78, 5) is 25.2. The van der Waals surface area contributed by atoms with Gasteiger partial charge in [-0.3, -0.25) is 4.79 Å².